The van der Waals surface area contributed by atoms with Crippen molar-refractivity contribution >= 4 is 23.5 Å². The molecule has 0 saturated heterocycles. The van der Waals surface area contributed by atoms with Crippen molar-refractivity contribution in [2.24, 2.45) is 5.16 Å². The van der Waals surface area contributed by atoms with Crippen molar-refractivity contribution in [2.75, 3.05) is 5.32 Å². The number of nitrogens with zero attached hydrogens (tertiary/aromatic N) is 2. The van der Waals surface area contributed by atoms with Gasteiger partial charge in [0, 0.05) is 0 Å². The molecule has 1 atom stereocenters. The smallest absolute Gasteiger partial charge is 0.416 e. The Morgan fingerprint density at radius 1 is 1.29 bits per heavy atom. The van der Waals surface area contributed by atoms with Gasteiger partial charge >= 0.3 is 12.1 Å². The Labute approximate surface area is 157 Å². The molecular formula is C17H16F3N3O5. The molecule has 150 valence electrons. The van der Waals surface area contributed by atoms with Crippen molar-refractivity contribution in [1.29, 1.82) is 0 Å². The van der Waals surface area contributed by atoms with Gasteiger partial charge in [-0.1, -0.05) is 17.3 Å². The number of oxime groups is 1. The molecule has 1 aromatic heterocycles. The number of rotatable bonds is 8. The fraction of sp³-hybridized carbons (Fsp3) is 0.294. The number of nitrogens with one attached hydrogen (secondary N) is 1. The van der Waals surface area contributed by atoms with Gasteiger partial charge in [0.15, 0.2) is 17.6 Å². The van der Waals surface area contributed by atoms with Gasteiger partial charge < -0.3 is 19.7 Å². The number of aromatic nitrogens is 1. The minimum Gasteiger partial charge on any atom is -0.479 e. The van der Waals surface area contributed by atoms with Gasteiger partial charge in [-0.2, -0.15) is 13.2 Å². The monoisotopic (exact) mass is 399 g/mol. The largest absolute Gasteiger partial charge is 0.479 e. The standard InChI is InChI=1S/C17H16F3N3O5/c1-9(13-7-21-16(28-13)22-14(10(2)24)15(25)26)23-27-8-11-3-5-12(6-4-11)17(18,19)20/h3-7,14H,8H2,1-2H3,(H,21,22)(H,25,26)/b23-9+. The van der Waals surface area contributed by atoms with Crippen LogP contribution in [0.25, 0.3) is 0 Å². The molecule has 0 radical (unpaired) electrons. The predicted octanol–water partition coefficient (Wildman–Crippen LogP) is 3.09. The van der Waals surface area contributed by atoms with Gasteiger partial charge in [-0.3, -0.25) is 4.79 Å². The fourth-order valence-corrected chi connectivity index (χ4v) is 2.01. The molecular weight excluding hydrogens is 383 g/mol. The zero-order valence-electron chi connectivity index (χ0n) is 14.8. The lowest BCUT2D eigenvalue weighted by atomic mass is 10.1. The van der Waals surface area contributed by atoms with Crippen LogP contribution in [-0.2, 0) is 27.2 Å². The number of aliphatic carboxylic acids is 1. The third kappa shape index (κ3) is 5.56. The number of halogens is 3. The average Bonchev–Trinajstić information content (AvgIpc) is 3.07. The summed E-state index contributed by atoms with van der Waals surface area (Å²) in [5.41, 5.74) is -0.0276. The Bertz CT molecular complexity index is 861. The maximum Gasteiger partial charge on any atom is 0.416 e. The van der Waals surface area contributed by atoms with Crippen molar-refractivity contribution in [1.82, 2.24) is 4.98 Å². The summed E-state index contributed by atoms with van der Waals surface area (Å²) in [6, 6.07) is 2.75. The number of alkyl halides is 3. The third-order valence-corrected chi connectivity index (χ3v) is 3.50. The van der Waals surface area contributed by atoms with Gasteiger partial charge in [0.05, 0.1) is 11.8 Å². The van der Waals surface area contributed by atoms with Crippen molar-refractivity contribution in [3.8, 4) is 0 Å². The first-order valence-corrected chi connectivity index (χ1v) is 7.86. The molecule has 2 N–H and O–H groups in total. The maximum absolute atomic E-state index is 12.5. The lowest BCUT2D eigenvalue weighted by Gasteiger charge is -2.08. The van der Waals surface area contributed by atoms with E-state index in [0.29, 0.717) is 5.56 Å². The number of hydrogen-bond acceptors (Lipinski definition) is 7. The molecule has 0 spiro atoms. The first-order valence-electron chi connectivity index (χ1n) is 7.86. The molecule has 1 heterocycles. The minimum absolute atomic E-state index is 0.0693. The first kappa shape index (κ1) is 20.9. The summed E-state index contributed by atoms with van der Waals surface area (Å²) in [7, 11) is 0. The highest BCUT2D eigenvalue weighted by Gasteiger charge is 2.30. The zero-order valence-corrected chi connectivity index (χ0v) is 14.8. The van der Waals surface area contributed by atoms with Crippen LogP contribution < -0.4 is 5.32 Å². The Morgan fingerprint density at radius 3 is 2.46 bits per heavy atom. The van der Waals surface area contributed by atoms with Crippen LogP contribution in [-0.4, -0.2) is 33.6 Å². The molecule has 0 fully saturated rings. The van der Waals surface area contributed by atoms with Gasteiger partial charge in [0.2, 0.25) is 0 Å². The number of Topliss-reactive ketones (excluding diaryl/α,β-unsaturated/α-hetero) is 1. The molecule has 8 nitrogen and oxygen atoms in total. The second-order valence-electron chi connectivity index (χ2n) is 5.70. The van der Waals surface area contributed by atoms with Crippen LogP contribution in [0.15, 0.2) is 40.0 Å². The average molecular weight is 399 g/mol. The number of hydrogen-bond donors (Lipinski definition) is 2. The van der Waals surface area contributed by atoms with E-state index in [1.807, 2.05) is 0 Å². The van der Waals surface area contributed by atoms with Crippen molar-refractivity contribution in [3.05, 3.63) is 47.3 Å². The highest BCUT2D eigenvalue weighted by Crippen LogP contribution is 2.29. The number of anilines is 1. The SMILES string of the molecule is CC(=O)C(Nc1ncc(/C(C)=N/OCc2ccc(C(F)(F)F)cc2)o1)C(=O)O. The molecule has 1 unspecified atom stereocenters. The van der Waals surface area contributed by atoms with E-state index in [9.17, 15) is 22.8 Å². The van der Waals surface area contributed by atoms with Crippen molar-refractivity contribution in [2.45, 2.75) is 32.7 Å². The van der Waals surface area contributed by atoms with Crippen LogP contribution in [0, 0.1) is 0 Å². The molecule has 0 aliphatic heterocycles. The van der Waals surface area contributed by atoms with E-state index in [2.05, 4.69) is 15.5 Å². The topological polar surface area (TPSA) is 114 Å². The summed E-state index contributed by atoms with van der Waals surface area (Å²) >= 11 is 0. The molecule has 0 amide bonds. The van der Waals surface area contributed by atoms with Gasteiger partial charge in [0.25, 0.3) is 6.01 Å². The molecule has 0 saturated carbocycles. The normalized spacial score (nSPS) is 13.1. The van der Waals surface area contributed by atoms with E-state index in [-0.39, 0.29) is 24.1 Å². The summed E-state index contributed by atoms with van der Waals surface area (Å²) in [6.45, 7) is 2.56. The zero-order chi connectivity index (χ0) is 20.9. The lowest BCUT2D eigenvalue weighted by molar-refractivity contribution is -0.141. The summed E-state index contributed by atoms with van der Waals surface area (Å²) in [5, 5.41) is 15.1. The van der Waals surface area contributed by atoms with Crippen LogP contribution >= 0.6 is 0 Å². The van der Waals surface area contributed by atoms with Crippen molar-refractivity contribution in [3.63, 3.8) is 0 Å². The number of carboxylic acids is 1. The van der Waals surface area contributed by atoms with E-state index in [0.717, 1.165) is 19.1 Å². The van der Waals surface area contributed by atoms with Crippen LogP contribution in [0.2, 0.25) is 0 Å². The highest BCUT2D eigenvalue weighted by atomic mass is 19.4. The molecule has 11 heteroatoms. The molecule has 0 bridgehead atoms. The Kier molecular flexibility index (Phi) is 6.39. The first-order chi connectivity index (χ1) is 13.1. The summed E-state index contributed by atoms with van der Waals surface area (Å²) < 4.78 is 42.8. The second-order valence-corrected chi connectivity index (χ2v) is 5.70. The van der Waals surface area contributed by atoms with Gasteiger partial charge in [-0.25, -0.2) is 9.78 Å². The number of oxazole rings is 1. The third-order valence-electron chi connectivity index (χ3n) is 3.50. The Morgan fingerprint density at radius 2 is 1.93 bits per heavy atom. The summed E-state index contributed by atoms with van der Waals surface area (Å²) in [5.74, 6) is -1.85. The Hall–Kier alpha value is -3.37. The van der Waals surface area contributed by atoms with E-state index >= 15 is 0 Å². The summed E-state index contributed by atoms with van der Waals surface area (Å²) in [6.07, 6.45) is -3.16. The number of carbonyl (C=O) groups excluding carboxylic acids is 1. The van der Waals surface area contributed by atoms with E-state index < -0.39 is 29.5 Å². The molecule has 0 aliphatic rings. The quantitative estimate of drug-likeness (QED) is 0.398. The van der Waals surface area contributed by atoms with E-state index in [1.165, 1.54) is 25.3 Å². The second kappa shape index (κ2) is 8.55. The molecule has 2 aromatic rings. The maximum atomic E-state index is 12.5. The highest BCUT2D eigenvalue weighted by molar-refractivity contribution is 6.03. The summed E-state index contributed by atoms with van der Waals surface area (Å²) in [4.78, 5) is 31.1. The molecule has 1 aromatic carbocycles. The van der Waals surface area contributed by atoms with Crippen molar-refractivity contribution < 1.29 is 37.1 Å². The van der Waals surface area contributed by atoms with Gasteiger partial charge in [-0.05, 0) is 31.5 Å². The van der Waals surface area contributed by atoms with E-state index in [1.54, 1.807) is 0 Å². The predicted molar refractivity (Wildman–Crippen MR) is 90.7 cm³/mol. The number of carbonyl (C=O) groups is 2. The van der Waals surface area contributed by atoms with Gasteiger partial charge in [0.1, 0.15) is 12.3 Å². The fourth-order valence-electron chi connectivity index (χ4n) is 2.01. The lowest BCUT2D eigenvalue weighted by Crippen LogP contribution is -2.35. The van der Waals surface area contributed by atoms with E-state index in [4.69, 9.17) is 14.4 Å². The molecule has 28 heavy (non-hydrogen) atoms. The van der Waals surface area contributed by atoms with Crippen LogP contribution in [0.4, 0.5) is 19.2 Å². The minimum atomic E-state index is -4.41. The number of ketones is 1. The van der Waals surface area contributed by atoms with Crippen LogP contribution in [0.5, 0.6) is 0 Å². The molecule has 0 aliphatic carbocycles. The van der Waals surface area contributed by atoms with Gasteiger partial charge in [-0.15, -0.1) is 0 Å². The van der Waals surface area contributed by atoms with Crippen LogP contribution in [0.1, 0.15) is 30.7 Å². The number of benzene rings is 1. The number of carboxylic acid groups (broad SMARTS) is 1. The van der Waals surface area contributed by atoms with Crippen LogP contribution in [0.3, 0.4) is 0 Å². The molecule has 2 rings (SSSR count). The Balaban J connectivity index is 1.96.